The summed E-state index contributed by atoms with van der Waals surface area (Å²) in [5, 5.41) is 11.5. The molecule has 2 rings (SSSR count). The molecule has 0 spiro atoms. The van der Waals surface area contributed by atoms with Gasteiger partial charge in [-0.05, 0) is 36.5 Å². The van der Waals surface area contributed by atoms with Gasteiger partial charge in [-0.15, -0.1) is 0 Å². The molecule has 5 nitrogen and oxygen atoms in total. The maximum absolute atomic E-state index is 12.0. The zero-order valence-electron chi connectivity index (χ0n) is 11.3. The fraction of sp³-hybridized carbons (Fsp3) is 0.429. The number of carbonyl (C=O) groups is 2. The molecule has 0 aromatic heterocycles. The van der Waals surface area contributed by atoms with E-state index in [1.807, 2.05) is 6.07 Å². The monoisotopic (exact) mass is 373 g/mol. The van der Waals surface area contributed by atoms with E-state index in [1.54, 1.807) is 18.2 Å². The molecule has 1 aromatic carbocycles. The molecule has 1 aliphatic rings. The molecule has 1 aromatic rings. The number of anilines is 1. The third-order valence-corrected chi connectivity index (χ3v) is 5.36. The lowest BCUT2D eigenvalue weighted by molar-refractivity contribution is -0.138. The Morgan fingerprint density at radius 1 is 1.38 bits per heavy atom. The van der Waals surface area contributed by atoms with Crippen LogP contribution in [0.1, 0.15) is 19.3 Å². The fourth-order valence-corrected chi connectivity index (χ4v) is 4.11. The number of rotatable bonds is 7. The number of carboxylic acid groups (broad SMARTS) is 1. The van der Waals surface area contributed by atoms with Crippen LogP contribution in [-0.4, -0.2) is 32.7 Å². The van der Waals surface area contributed by atoms with E-state index in [0.29, 0.717) is 5.69 Å². The van der Waals surface area contributed by atoms with Gasteiger partial charge in [0, 0.05) is 26.7 Å². The third kappa shape index (κ3) is 5.24. The van der Waals surface area contributed by atoms with Crippen molar-refractivity contribution >= 4 is 44.3 Å². The van der Waals surface area contributed by atoms with Gasteiger partial charge in [0.1, 0.15) is 5.75 Å². The lowest BCUT2D eigenvalue weighted by atomic mass is 10.1. The molecule has 1 fully saturated rings. The Morgan fingerprint density at radius 3 is 2.67 bits per heavy atom. The molecule has 0 heterocycles. The number of carboxylic acids is 1. The smallest absolute Gasteiger partial charge is 0.303 e. The van der Waals surface area contributed by atoms with Crippen LogP contribution >= 0.6 is 15.9 Å². The molecule has 1 unspecified atom stereocenters. The van der Waals surface area contributed by atoms with E-state index in [-0.39, 0.29) is 29.2 Å². The number of amides is 1. The Kier molecular flexibility index (Phi) is 5.16. The summed E-state index contributed by atoms with van der Waals surface area (Å²) >= 11 is 3.31. The Morgan fingerprint density at radius 2 is 2.10 bits per heavy atom. The van der Waals surface area contributed by atoms with Crippen molar-refractivity contribution in [2.45, 2.75) is 19.3 Å². The van der Waals surface area contributed by atoms with Crippen molar-refractivity contribution in [1.82, 2.24) is 0 Å². The van der Waals surface area contributed by atoms with Crippen LogP contribution in [0.4, 0.5) is 5.69 Å². The van der Waals surface area contributed by atoms with Gasteiger partial charge in [0.15, 0.2) is 0 Å². The average molecular weight is 374 g/mol. The number of carbonyl (C=O) groups excluding carboxylic acids is 1. The summed E-state index contributed by atoms with van der Waals surface area (Å²) in [6.07, 6.45) is 1.59. The van der Waals surface area contributed by atoms with Crippen LogP contribution < -0.4 is 5.32 Å². The minimum absolute atomic E-state index is 0.0337. The first kappa shape index (κ1) is 16.2. The SMILES string of the molecule is O=C(O)CC1(CS(=O)CC(=O)Nc2cccc(Br)c2)CC1. The Hall–Kier alpha value is -1.21. The molecule has 21 heavy (non-hydrogen) atoms. The van der Waals surface area contributed by atoms with Crippen molar-refractivity contribution in [2.75, 3.05) is 16.8 Å². The van der Waals surface area contributed by atoms with Gasteiger partial charge in [0.25, 0.3) is 0 Å². The number of hydrogen-bond acceptors (Lipinski definition) is 3. The van der Waals surface area contributed by atoms with Crippen molar-refractivity contribution in [3.8, 4) is 0 Å². The second-order valence-corrected chi connectivity index (χ2v) is 7.73. The first-order valence-corrected chi connectivity index (χ1v) is 8.79. The van der Waals surface area contributed by atoms with Gasteiger partial charge in [0.2, 0.25) is 5.91 Å². The second-order valence-electron chi connectivity index (χ2n) is 5.36. The van der Waals surface area contributed by atoms with Gasteiger partial charge in [-0.2, -0.15) is 0 Å². The Balaban J connectivity index is 1.83. The third-order valence-electron chi connectivity index (χ3n) is 3.35. The molecule has 0 saturated heterocycles. The maximum Gasteiger partial charge on any atom is 0.303 e. The van der Waals surface area contributed by atoms with E-state index >= 15 is 0 Å². The summed E-state index contributed by atoms with van der Waals surface area (Å²) in [6.45, 7) is 0. The normalized spacial score (nSPS) is 17.0. The number of aliphatic carboxylic acids is 1. The van der Waals surface area contributed by atoms with E-state index in [1.165, 1.54) is 0 Å². The molecule has 0 radical (unpaired) electrons. The predicted molar refractivity (Wildman–Crippen MR) is 84.6 cm³/mol. The van der Waals surface area contributed by atoms with Crippen LogP contribution in [0.15, 0.2) is 28.7 Å². The van der Waals surface area contributed by atoms with E-state index < -0.39 is 16.8 Å². The summed E-state index contributed by atoms with van der Waals surface area (Å²) in [5.74, 6) is -1.01. The van der Waals surface area contributed by atoms with E-state index in [2.05, 4.69) is 21.2 Å². The number of nitrogens with one attached hydrogen (secondary N) is 1. The maximum atomic E-state index is 12.0. The molecule has 1 aliphatic carbocycles. The lowest BCUT2D eigenvalue weighted by Gasteiger charge is -2.12. The standard InChI is InChI=1S/C14H16BrNO4S/c15-10-2-1-3-11(6-10)16-12(17)8-21(20)9-14(4-5-14)7-13(18)19/h1-3,6H,4-5,7-9H2,(H,16,17)(H,18,19). The van der Waals surface area contributed by atoms with Crippen LogP contribution in [0.2, 0.25) is 0 Å². The summed E-state index contributed by atoms with van der Waals surface area (Å²) < 4.78 is 12.8. The Labute approximate surface area is 133 Å². The number of hydrogen-bond donors (Lipinski definition) is 2. The first-order valence-electron chi connectivity index (χ1n) is 6.51. The topological polar surface area (TPSA) is 83.5 Å². The minimum Gasteiger partial charge on any atom is -0.481 e. The van der Waals surface area contributed by atoms with Crippen LogP contribution in [-0.2, 0) is 20.4 Å². The molecule has 114 valence electrons. The highest BCUT2D eigenvalue weighted by Crippen LogP contribution is 2.49. The van der Waals surface area contributed by atoms with Crippen LogP contribution in [0.25, 0.3) is 0 Å². The van der Waals surface area contributed by atoms with Crippen molar-refractivity contribution in [3.05, 3.63) is 28.7 Å². The van der Waals surface area contributed by atoms with Gasteiger partial charge in [-0.1, -0.05) is 22.0 Å². The lowest BCUT2D eigenvalue weighted by Crippen LogP contribution is -2.25. The summed E-state index contributed by atoms with van der Waals surface area (Å²) in [4.78, 5) is 22.6. The first-order chi connectivity index (χ1) is 9.88. The van der Waals surface area contributed by atoms with E-state index in [9.17, 15) is 13.8 Å². The zero-order chi connectivity index (χ0) is 15.5. The predicted octanol–water partition coefficient (Wildman–Crippen LogP) is 2.39. The van der Waals surface area contributed by atoms with Crippen molar-refractivity contribution < 1.29 is 18.9 Å². The minimum atomic E-state index is -1.34. The summed E-state index contributed by atoms with van der Waals surface area (Å²) in [7, 11) is -1.34. The fourth-order valence-electron chi connectivity index (χ4n) is 2.17. The van der Waals surface area contributed by atoms with Gasteiger partial charge in [-0.3, -0.25) is 13.8 Å². The second kappa shape index (κ2) is 6.70. The molecule has 7 heteroatoms. The molecule has 2 N–H and O–H groups in total. The number of halogens is 1. The highest BCUT2D eigenvalue weighted by atomic mass is 79.9. The number of benzene rings is 1. The van der Waals surface area contributed by atoms with Crippen molar-refractivity contribution in [1.29, 1.82) is 0 Å². The molecule has 1 atom stereocenters. The largest absolute Gasteiger partial charge is 0.481 e. The molecular weight excluding hydrogens is 358 g/mol. The zero-order valence-corrected chi connectivity index (χ0v) is 13.7. The van der Waals surface area contributed by atoms with Crippen molar-refractivity contribution in [3.63, 3.8) is 0 Å². The quantitative estimate of drug-likeness (QED) is 0.768. The van der Waals surface area contributed by atoms with Gasteiger partial charge < -0.3 is 10.4 Å². The average Bonchev–Trinajstić information content (AvgIpc) is 3.06. The van der Waals surface area contributed by atoms with Crippen LogP contribution in [0, 0.1) is 5.41 Å². The van der Waals surface area contributed by atoms with Gasteiger partial charge in [-0.25, -0.2) is 0 Å². The highest BCUT2D eigenvalue weighted by Gasteiger charge is 2.45. The molecule has 1 saturated carbocycles. The van der Waals surface area contributed by atoms with Crippen LogP contribution in [0.3, 0.4) is 0 Å². The molecule has 0 bridgehead atoms. The molecule has 1 amide bonds. The van der Waals surface area contributed by atoms with E-state index in [4.69, 9.17) is 5.11 Å². The van der Waals surface area contributed by atoms with Gasteiger partial charge >= 0.3 is 5.97 Å². The van der Waals surface area contributed by atoms with Gasteiger partial charge in [0.05, 0.1) is 6.42 Å². The molecule has 0 aliphatic heterocycles. The van der Waals surface area contributed by atoms with Crippen LogP contribution in [0.5, 0.6) is 0 Å². The summed E-state index contributed by atoms with van der Waals surface area (Å²) in [5.41, 5.74) is 0.283. The van der Waals surface area contributed by atoms with E-state index in [0.717, 1.165) is 17.3 Å². The molecular formula is C14H16BrNO4S. The Bertz CT molecular complexity index is 586. The summed E-state index contributed by atoms with van der Waals surface area (Å²) in [6, 6.07) is 7.14. The highest BCUT2D eigenvalue weighted by molar-refractivity contribution is 9.10. The van der Waals surface area contributed by atoms with Crippen molar-refractivity contribution in [2.24, 2.45) is 5.41 Å².